The first-order chi connectivity index (χ1) is 10.6. The number of aliphatic hydroxyl groups excluding tert-OH is 1. The summed E-state index contributed by atoms with van der Waals surface area (Å²) in [5.74, 6) is -0.588. The molecule has 116 valence electrons. The lowest BCUT2D eigenvalue weighted by Gasteiger charge is -2.17. The van der Waals surface area contributed by atoms with Crippen molar-refractivity contribution in [3.05, 3.63) is 65.7 Å². The molecule has 5 heteroatoms. The first-order valence-corrected chi connectivity index (χ1v) is 6.98. The molecule has 0 saturated heterocycles. The predicted molar refractivity (Wildman–Crippen MR) is 82.0 cm³/mol. The third kappa shape index (κ3) is 4.58. The highest BCUT2D eigenvalue weighted by atomic mass is 16.5. The maximum Gasteiger partial charge on any atom is 0.336 e. The van der Waals surface area contributed by atoms with E-state index in [1.807, 2.05) is 30.3 Å². The van der Waals surface area contributed by atoms with E-state index in [1.165, 1.54) is 12.1 Å². The van der Waals surface area contributed by atoms with Crippen molar-refractivity contribution >= 4 is 5.97 Å². The summed E-state index contributed by atoms with van der Waals surface area (Å²) in [6, 6.07) is 14.9. The highest BCUT2D eigenvalue weighted by Crippen LogP contribution is 2.12. The zero-order chi connectivity index (χ0) is 15.9. The Morgan fingerprint density at radius 3 is 2.32 bits per heavy atom. The van der Waals surface area contributed by atoms with Gasteiger partial charge in [-0.1, -0.05) is 42.5 Å². The standard InChI is InChI=1S/C17H19NO4/c18-15(10-12-6-8-14(19)9-7-12)16(20)17(21)22-11-13-4-2-1-3-5-13/h1-9,15-16,19-20H,10-11,18H2/t15-,16+/m1/s1. The summed E-state index contributed by atoms with van der Waals surface area (Å²) in [4.78, 5) is 11.8. The van der Waals surface area contributed by atoms with Crippen LogP contribution in [0.3, 0.4) is 0 Å². The second-order valence-corrected chi connectivity index (χ2v) is 5.07. The number of hydrogen-bond acceptors (Lipinski definition) is 5. The van der Waals surface area contributed by atoms with Crippen LogP contribution in [0, 0.1) is 0 Å². The van der Waals surface area contributed by atoms with Crippen LogP contribution in [-0.2, 0) is 22.6 Å². The summed E-state index contributed by atoms with van der Waals surface area (Å²) in [6.45, 7) is 0.0999. The second kappa shape index (κ2) is 7.59. The monoisotopic (exact) mass is 301 g/mol. The minimum atomic E-state index is -1.39. The van der Waals surface area contributed by atoms with Crippen LogP contribution in [0.4, 0.5) is 0 Å². The molecule has 0 heterocycles. The summed E-state index contributed by atoms with van der Waals surface area (Å²) in [5.41, 5.74) is 7.51. The number of benzene rings is 2. The molecule has 0 unspecified atom stereocenters. The van der Waals surface area contributed by atoms with E-state index in [2.05, 4.69) is 0 Å². The minimum absolute atomic E-state index is 0.0999. The Bertz CT molecular complexity index is 598. The van der Waals surface area contributed by atoms with E-state index in [-0.39, 0.29) is 12.4 Å². The van der Waals surface area contributed by atoms with Gasteiger partial charge in [0.25, 0.3) is 0 Å². The van der Waals surface area contributed by atoms with Crippen molar-refractivity contribution in [2.75, 3.05) is 0 Å². The van der Waals surface area contributed by atoms with Crippen LogP contribution in [0.1, 0.15) is 11.1 Å². The lowest BCUT2D eigenvalue weighted by atomic mass is 10.0. The van der Waals surface area contributed by atoms with Crippen molar-refractivity contribution in [2.24, 2.45) is 5.73 Å². The normalized spacial score (nSPS) is 13.4. The largest absolute Gasteiger partial charge is 0.508 e. The fourth-order valence-corrected chi connectivity index (χ4v) is 2.00. The molecule has 0 aliphatic heterocycles. The summed E-state index contributed by atoms with van der Waals surface area (Å²) in [5, 5.41) is 19.1. The van der Waals surface area contributed by atoms with E-state index < -0.39 is 18.1 Å². The lowest BCUT2D eigenvalue weighted by Crippen LogP contribution is -2.42. The van der Waals surface area contributed by atoms with Gasteiger partial charge >= 0.3 is 5.97 Å². The number of esters is 1. The van der Waals surface area contributed by atoms with E-state index in [0.29, 0.717) is 6.42 Å². The molecule has 0 aliphatic rings. The molecule has 5 nitrogen and oxygen atoms in total. The molecule has 0 aromatic heterocycles. The van der Waals surface area contributed by atoms with Crippen molar-refractivity contribution in [1.82, 2.24) is 0 Å². The molecule has 2 aromatic rings. The summed E-state index contributed by atoms with van der Waals surface area (Å²) in [6.07, 6.45) is -1.08. The van der Waals surface area contributed by atoms with Gasteiger partial charge in [-0.05, 0) is 29.7 Å². The predicted octanol–water partition coefficient (Wildman–Crippen LogP) is 1.37. The van der Waals surface area contributed by atoms with Gasteiger partial charge in [0.1, 0.15) is 12.4 Å². The highest BCUT2D eigenvalue weighted by molar-refractivity contribution is 5.75. The Labute approximate surface area is 129 Å². The first-order valence-electron chi connectivity index (χ1n) is 6.98. The molecule has 0 aliphatic carbocycles. The van der Waals surface area contributed by atoms with Gasteiger partial charge in [0.2, 0.25) is 0 Å². The van der Waals surface area contributed by atoms with E-state index in [4.69, 9.17) is 10.5 Å². The number of rotatable bonds is 6. The first kappa shape index (κ1) is 16.0. The smallest absolute Gasteiger partial charge is 0.336 e. The summed E-state index contributed by atoms with van der Waals surface area (Å²) >= 11 is 0. The Balaban J connectivity index is 1.85. The van der Waals surface area contributed by atoms with Crippen LogP contribution in [0.2, 0.25) is 0 Å². The van der Waals surface area contributed by atoms with Gasteiger partial charge in [0, 0.05) is 6.04 Å². The third-order valence-corrected chi connectivity index (χ3v) is 3.28. The van der Waals surface area contributed by atoms with Gasteiger partial charge in [0.05, 0.1) is 0 Å². The SMILES string of the molecule is N[C@H](Cc1ccc(O)cc1)[C@H](O)C(=O)OCc1ccccc1. The number of phenolic OH excluding ortho intramolecular Hbond substituents is 1. The molecule has 2 rings (SSSR count). The lowest BCUT2D eigenvalue weighted by molar-refractivity contribution is -0.156. The number of carbonyl (C=O) groups is 1. The van der Waals surface area contributed by atoms with Crippen molar-refractivity contribution in [2.45, 2.75) is 25.2 Å². The molecule has 2 atom stereocenters. The number of nitrogens with two attached hydrogens (primary N) is 1. The topological polar surface area (TPSA) is 92.8 Å². The van der Waals surface area contributed by atoms with Crippen LogP contribution in [0.25, 0.3) is 0 Å². The van der Waals surface area contributed by atoms with Crippen molar-refractivity contribution in [3.8, 4) is 5.75 Å². The van der Waals surface area contributed by atoms with Gasteiger partial charge in [-0.3, -0.25) is 0 Å². The van der Waals surface area contributed by atoms with Crippen molar-refractivity contribution < 1.29 is 19.7 Å². The Morgan fingerprint density at radius 1 is 1.05 bits per heavy atom. The fraction of sp³-hybridized carbons (Fsp3) is 0.235. The minimum Gasteiger partial charge on any atom is -0.508 e. The maximum absolute atomic E-state index is 11.8. The van der Waals surface area contributed by atoms with Crippen LogP contribution in [0.15, 0.2) is 54.6 Å². The molecule has 0 fully saturated rings. The Hall–Kier alpha value is -2.37. The van der Waals surface area contributed by atoms with E-state index in [0.717, 1.165) is 11.1 Å². The van der Waals surface area contributed by atoms with Gasteiger partial charge in [-0.25, -0.2) is 4.79 Å². The van der Waals surface area contributed by atoms with E-state index >= 15 is 0 Å². The van der Waals surface area contributed by atoms with E-state index in [9.17, 15) is 15.0 Å². The zero-order valence-corrected chi connectivity index (χ0v) is 12.1. The fourth-order valence-electron chi connectivity index (χ4n) is 2.00. The molecule has 22 heavy (non-hydrogen) atoms. The van der Waals surface area contributed by atoms with Crippen LogP contribution >= 0.6 is 0 Å². The van der Waals surface area contributed by atoms with Crippen molar-refractivity contribution in [3.63, 3.8) is 0 Å². The van der Waals surface area contributed by atoms with Crippen LogP contribution in [-0.4, -0.2) is 28.3 Å². The molecule has 0 spiro atoms. The van der Waals surface area contributed by atoms with E-state index in [1.54, 1.807) is 12.1 Å². The molecule has 4 N–H and O–H groups in total. The van der Waals surface area contributed by atoms with Crippen molar-refractivity contribution in [1.29, 1.82) is 0 Å². The number of phenols is 1. The molecule has 2 aromatic carbocycles. The summed E-state index contributed by atoms with van der Waals surface area (Å²) in [7, 11) is 0. The summed E-state index contributed by atoms with van der Waals surface area (Å²) < 4.78 is 5.06. The highest BCUT2D eigenvalue weighted by Gasteiger charge is 2.24. The number of ether oxygens (including phenoxy) is 1. The zero-order valence-electron chi connectivity index (χ0n) is 12.1. The molecule has 0 bridgehead atoms. The second-order valence-electron chi connectivity index (χ2n) is 5.07. The number of aliphatic hydroxyl groups is 1. The quantitative estimate of drug-likeness (QED) is 0.701. The van der Waals surface area contributed by atoms with Gasteiger partial charge < -0.3 is 20.7 Å². The molecule has 0 saturated carbocycles. The Kier molecular flexibility index (Phi) is 5.52. The number of aromatic hydroxyl groups is 1. The van der Waals surface area contributed by atoms with Gasteiger partial charge in [0.15, 0.2) is 6.10 Å². The van der Waals surface area contributed by atoms with Crippen LogP contribution < -0.4 is 5.73 Å². The molecule has 0 amide bonds. The number of carbonyl (C=O) groups excluding carboxylic acids is 1. The van der Waals surface area contributed by atoms with Crippen LogP contribution in [0.5, 0.6) is 5.75 Å². The maximum atomic E-state index is 11.8. The Morgan fingerprint density at radius 2 is 1.68 bits per heavy atom. The molecule has 0 radical (unpaired) electrons. The average molecular weight is 301 g/mol. The van der Waals surface area contributed by atoms with Gasteiger partial charge in [-0.15, -0.1) is 0 Å². The average Bonchev–Trinajstić information content (AvgIpc) is 2.55. The molecular formula is C17H19NO4. The number of hydrogen-bond donors (Lipinski definition) is 3. The third-order valence-electron chi connectivity index (χ3n) is 3.28. The van der Waals surface area contributed by atoms with Gasteiger partial charge in [-0.2, -0.15) is 0 Å². The molecular weight excluding hydrogens is 282 g/mol.